The van der Waals surface area contributed by atoms with Crippen molar-refractivity contribution in [2.75, 3.05) is 32.1 Å². The molecule has 70 heavy (non-hydrogen) atoms. The SMILES string of the molecule is CO[C@H]1C=CO[C@@]2(C)Oc3c(C)c(O)c4c(O)c(c5c(c4c3C2=O)NC2(CCN(CC3(C)Cn4cc([N+](=O)[O-])nc4O3)CC2)N=5)=NC(=O)C(C)=CC=C[C@H](C)[C@H](O)[C@@H](C)[C@@H](O)[C@@H](C)[C@H](OC(C)=O)[C@@H]1C. The van der Waals surface area contributed by atoms with E-state index >= 15 is 0 Å². The smallest absolute Gasteiger partial charge is 0.415 e. The first-order chi connectivity index (χ1) is 32.9. The summed E-state index contributed by atoms with van der Waals surface area (Å²) < 4.78 is 31.8. The van der Waals surface area contributed by atoms with Gasteiger partial charge in [0, 0.05) is 98.6 Å². The zero-order chi connectivity index (χ0) is 50.9. The molecule has 4 bridgehead atoms. The van der Waals surface area contributed by atoms with Crippen molar-refractivity contribution >= 4 is 39.9 Å². The number of nitro groups is 1. The van der Waals surface area contributed by atoms with Gasteiger partial charge >= 0.3 is 23.6 Å². The fraction of sp³-hybridized carbons (Fsp3) is 0.551. The molecular weight excluding hydrogens is 911 g/mol. The van der Waals surface area contributed by atoms with E-state index in [-0.39, 0.29) is 61.5 Å². The predicted octanol–water partition coefficient (Wildman–Crippen LogP) is 4.05. The minimum atomic E-state index is -2.02. The highest BCUT2D eigenvalue weighted by Gasteiger charge is 2.51. The van der Waals surface area contributed by atoms with Crippen molar-refractivity contribution in [2.45, 2.75) is 123 Å². The Morgan fingerprint density at radius 1 is 0.986 bits per heavy atom. The first kappa shape index (κ1) is 50.0. The number of likely N-dealkylation sites (tertiary alicyclic amines) is 1. The quantitative estimate of drug-likeness (QED) is 0.104. The van der Waals surface area contributed by atoms with Crippen molar-refractivity contribution < 1.29 is 63.4 Å². The average Bonchev–Trinajstić information content (AvgIpc) is 4.04. The van der Waals surface area contributed by atoms with Gasteiger partial charge in [-0.05, 0) is 31.8 Å². The van der Waals surface area contributed by atoms with E-state index in [1.807, 2.05) is 6.92 Å². The van der Waals surface area contributed by atoms with Crippen molar-refractivity contribution in [1.29, 1.82) is 0 Å². The van der Waals surface area contributed by atoms with E-state index in [9.17, 15) is 44.9 Å². The molecule has 1 spiro atoms. The van der Waals surface area contributed by atoms with Gasteiger partial charge in [0.25, 0.3) is 11.7 Å². The van der Waals surface area contributed by atoms with Crippen LogP contribution in [0.15, 0.2) is 52.3 Å². The van der Waals surface area contributed by atoms with Crippen LogP contribution in [0.25, 0.3) is 10.8 Å². The molecule has 3 aromatic rings. The van der Waals surface area contributed by atoms with Gasteiger partial charge in [0.2, 0.25) is 0 Å². The number of esters is 1. The van der Waals surface area contributed by atoms with Crippen molar-refractivity contribution in [3.05, 3.63) is 74.3 Å². The summed E-state index contributed by atoms with van der Waals surface area (Å²) in [6.07, 6.45) is 5.77. The van der Waals surface area contributed by atoms with Crippen LogP contribution in [0.4, 0.5) is 11.5 Å². The number of piperidine rings is 1. The molecule has 6 heterocycles. The van der Waals surface area contributed by atoms with Crippen LogP contribution in [0.1, 0.15) is 84.2 Å². The van der Waals surface area contributed by atoms with Crippen molar-refractivity contribution in [1.82, 2.24) is 14.5 Å². The number of ether oxygens (including phenoxy) is 5. The van der Waals surface area contributed by atoms with E-state index < -0.39 is 99.2 Å². The number of aromatic hydroxyl groups is 2. The second-order valence-electron chi connectivity index (χ2n) is 19.9. The number of aromatic nitrogens is 2. The molecule has 8 rings (SSSR count). The highest BCUT2D eigenvalue weighted by Crippen LogP contribution is 2.51. The molecule has 5 aliphatic heterocycles. The summed E-state index contributed by atoms with van der Waals surface area (Å²) >= 11 is 0. The topological polar surface area (TPSA) is 279 Å². The van der Waals surface area contributed by atoms with Crippen molar-refractivity contribution in [3.8, 4) is 23.3 Å². The van der Waals surface area contributed by atoms with Crippen LogP contribution >= 0.6 is 0 Å². The van der Waals surface area contributed by atoms with Crippen LogP contribution in [-0.2, 0) is 30.3 Å². The molecule has 2 aromatic carbocycles. The Labute approximate surface area is 403 Å². The van der Waals surface area contributed by atoms with Crippen molar-refractivity contribution in [3.63, 3.8) is 0 Å². The van der Waals surface area contributed by atoms with Gasteiger partial charge in [-0.15, -0.1) is 0 Å². The molecule has 0 radical (unpaired) electrons. The molecule has 0 aliphatic carbocycles. The highest BCUT2D eigenvalue weighted by molar-refractivity contribution is 6.21. The summed E-state index contributed by atoms with van der Waals surface area (Å²) in [6, 6.07) is 0.170. The largest absolute Gasteiger partial charge is 0.507 e. The maximum absolute atomic E-state index is 14.9. The van der Waals surface area contributed by atoms with Gasteiger partial charge in [-0.3, -0.25) is 28.8 Å². The molecule has 1 unspecified atom stereocenters. The number of nitrogens with one attached hydrogen (secondary N) is 1. The minimum absolute atomic E-state index is 0.00283. The molecule has 376 valence electrons. The van der Waals surface area contributed by atoms with Gasteiger partial charge in [-0.1, -0.05) is 45.9 Å². The number of fused-ring (bicyclic) bond motifs is 2. The van der Waals surface area contributed by atoms with Crippen LogP contribution in [-0.4, -0.2) is 126 Å². The van der Waals surface area contributed by atoms with Crippen molar-refractivity contribution in [2.24, 2.45) is 33.7 Å². The summed E-state index contributed by atoms with van der Waals surface area (Å²) in [6.45, 7) is 16.4. The standard InChI is InChI=1S/C49H61N7O14/c1-23-12-11-13-24(2)45(63)51-37-36-35(52-49(53-36)15-17-54(18-16-49)21-47(8)22-55-20-31(56(64)65)50-46(55)70-47)32-33(41(37)61)40(60)28(6)43-34(32)44(62)48(9,69-43)67-19-14-30(66-10)25(3)42(68-29(7)57)27(5)39(59)26(4)38(23)58/h11-14,19-20,23,25-27,30,38-39,42,52,58-61H,15-18,21-22H2,1-10H3/t23-,25+,26+,27+,30-,38-,39+,42+,47?,48-/m0/s1. The number of phenolic OH excluding ortho intramolecular Hbond substituents is 2. The number of benzene rings is 2. The first-order valence-electron chi connectivity index (χ1n) is 23.4. The predicted molar refractivity (Wildman–Crippen MR) is 251 cm³/mol. The zero-order valence-electron chi connectivity index (χ0n) is 40.9. The third-order valence-electron chi connectivity index (χ3n) is 14.6. The molecule has 1 saturated heterocycles. The first-order valence-corrected chi connectivity index (χ1v) is 23.4. The number of amides is 1. The average molecular weight is 972 g/mol. The van der Waals surface area contributed by atoms with Gasteiger partial charge in [0.1, 0.15) is 45.8 Å². The fourth-order valence-corrected chi connectivity index (χ4v) is 10.5. The Hall–Kier alpha value is -6.42. The summed E-state index contributed by atoms with van der Waals surface area (Å²) in [5.41, 5.74) is -1.27. The molecule has 5 aliphatic rings. The van der Waals surface area contributed by atoms with E-state index in [4.69, 9.17) is 28.7 Å². The number of aliphatic hydroxyl groups is 2. The molecule has 0 saturated carbocycles. The molecule has 5 N–H and O–H groups in total. The van der Waals surface area contributed by atoms with E-state index in [0.29, 0.717) is 39.0 Å². The number of aliphatic hydroxyl groups excluding tert-OH is 2. The molecule has 1 amide bonds. The Kier molecular flexibility index (Phi) is 13.1. The molecule has 21 nitrogen and oxygen atoms in total. The number of Topliss-reactive ketones (excluding diaryl/α,β-unsaturated/α-hetero) is 1. The number of allylic oxidation sites excluding steroid dienone is 2. The summed E-state index contributed by atoms with van der Waals surface area (Å²) in [5, 5.41) is 61.9. The third-order valence-corrected chi connectivity index (χ3v) is 14.6. The van der Waals surface area contributed by atoms with Gasteiger partial charge < -0.3 is 59.5 Å². The number of anilines is 1. The Morgan fingerprint density at radius 2 is 1.69 bits per heavy atom. The Morgan fingerprint density at radius 3 is 2.33 bits per heavy atom. The summed E-state index contributed by atoms with van der Waals surface area (Å²) in [4.78, 5) is 67.8. The highest BCUT2D eigenvalue weighted by atomic mass is 16.7. The van der Waals surface area contributed by atoms with E-state index in [1.165, 1.54) is 59.4 Å². The summed E-state index contributed by atoms with van der Waals surface area (Å²) in [5.74, 6) is -7.85. The van der Waals surface area contributed by atoms with Gasteiger partial charge in [-0.25, -0.2) is 4.99 Å². The molecular formula is C49H61N7O14. The number of phenols is 2. The van der Waals surface area contributed by atoms with Crippen LogP contribution in [0.3, 0.4) is 0 Å². The molecule has 10 atom stereocenters. The fourth-order valence-electron chi connectivity index (χ4n) is 10.5. The lowest BCUT2D eigenvalue weighted by Gasteiger charge is -2.40. The monoisotopic (exact) mass is 971 g/mol. The van der Waals surface area contributed by atoms with Crippen LogP contribution in [0, 0.1) is 40.7 Å². The second kappa shape index (κ2) is 18.4. The maximum atomic E-state index is 14.9. The lowest BCUT2D eigenvalue weighted by molar-refractivity contribution is -0.389. The maximum Gasteiger partial charge on any atom is 0.415 e. The molecule has 21 heteroatoms. The zero-order valence-corrected chi connectivity index (χ0v) is 40.9. The summed E-state index contributed by atoms with van der Waals surface area (Å²) in [7, 11) is 1.45. The number of carbonyl (C=O) groups excluding carboxylic acids is 3. The van der Waals surface area contributed by atoms with E-state index in [2.05, 4.69) is 20.2 Å². The number of carbonyl (C=O) groups is 3. The van der Waals surface area contributed by atoms with Gasteiger partial charge in [0.15, 0.2) is 5.75 Å². The van der Waals surface area contributed by atoms with Crippen LogP contribution < -0.4 is 25.5 Å². The number of nitrogens with zero attached hydrogens (tertiary/aromatic N) is 6. The van der Waals surface area contributed by atoms with Gasteiger partial charge in [0.05, 0.1) is 47.8 Å². The number of hydrogen-bond acceptors (Lipinski definition) is 18. The number of imidazole rings is 1. The number of hydrogen-bond donors (Lipinski definition) is 5. The number of rotatable bonds is 5. The Balaban J connectivity index is 1.21. The molecule has 1 fully saturated rings. The lowest BCUT2D eigenvalue weighted by atomic mass is 9.78. The van der Waals surface area contributed by atoms with E-state index in [0.717, 1.165) is 0 Å². The van der Waals surface area contributed by atoms with E-state index in [1.54, 1.807) is 44.4 Å². The number of ketones is 1. The Bertz CT molecular complexity index is 2860. The van der Waals surface area contributed by atoms with Gasteiger partial charge in [-0.2, -0.15) is 0 Å². The van der Waals surface area contributed by atoms with Crippen LogP contribution in [0.5, 0.6) is 23.3 Å². The minimum Gasteiger partial charge on any atom is -0.507 e. The van der Waals surface area contributed by atoms with Crippen LogP contribution in [0.2, 0.25) is 0 Å². The number of methoxy groups -OCH3 is 1. The lowest BCUT2D eigenvalue weighted by Crippen LogP contribution is -2.52. The second-order valence-corrected chi connectivity index (χ2v) is 19.9. The normalized spacial score (nSPS) is 31.0. The molecule has 1 aromatic heterocycles. The third kappa shape index (κ3) is 8.76.